The van der Waals surface area contributed by atoms with Gasteiger partial charge in [0.2, 0.25) is 5.95 Å². The normalized spacial score (nSPS) is 11.1. The van der Waals surface area contributed by atoms with E-state index < -0.39 is 0 Å². The first-order valence-corrected chi connectivity index (χ1v) is 6.63. The third kappa shape index (κ3) is 2.16. The molecule has 0 spiro atoms. The fourth-order valence-electron chi connectivity index (χ4n) is 2.03. The summed E-state index contributed by atoms with van der Waals surface area (Å²) in [6.07, 6.45) is 3.43. The number of hydrogen-bond acceptors (Lipinski definition) is 7. The van der Waals surface area contributed by atoms with E-state index in [1.165, 1.54) is 0 Å². The van der Waals surface area contributed by atoms with E-state index in [1.807, 2.05) is 30.5 Å². The highest BCUT2D eigenvalue weighted by atomic mass is 16.5. The van der Waals surface area contributed by atoms with Crippen molar-refractivity contribution in [1.82, 2.24) is 19.7 Å². The Morgan fingerprint density at radius 1 is 1.18 bits per heavy atom. The number of nitrogens with one attached hydrogen (secondary N) is 2. The van der Waals surface area contributed by atoms with Crippen LogP contribution in [0.4, 0.5) is 28.8 Å². The molecule has 0 bridgehead atoms. The summed E-state index contributed by atoms with van der Waals surface area (Å²) in [6.45, 7) is 0. The van der Waals surface area contributed by atoms with Crippen LogP contribution in [0.1, 0.15) is 0 Å². The number of nitrogen functional groups attached to an aromatic ring is 1. The maximum absolute atomic E-state index is 5.92. The maximum Gasteiger partial charge on any atom is 0.229 e. The minimum Gasteiger partial charge on any atom is -0.497 e. The number of nitrogens with zero attached hydrogens (tertiary/aromatic N) is 4. The van der Waals surface area contributed by atoms with Gasteiger partial charge in [0.25, 0.3) is 0 Å². The lowest BCUT2D eigenvalue weighted by Crippen LogP contribution is -2.05. The topological polar surface area (TPSA) is 103 Å². The molecule has 2 aliphatic heterocycles. The molecule has 1 aromatic carbocycles. The van der Waals surface area contributed by atoms with Gasteiger partial charge >= 0.3 is 0 Å². The number of benzene rings is 1. The second kappa shape index (κ2) is 4.62. The van der Waals surface area contributed by atoms with E-state index in [9.17, 15) is 0 Å². The second-order valence-corrected chi connectivity index (χ2v) is 4.79. The van der Waals surface area contributed by atoms with Gasteiger partial charge in [0, 0.05) is 5.69 Å². The van der Waals surface area contributed by atoms with E-state index in [0.29, 0.717) is 17.5 Å². The molecule has 1 aromatic heterocycles. The Morgan fingerprint density at radius 3 is 2.64 bits per heavy atom. The number of rotatable bonds is 5. The summed E-state index contributed by atoms with van der Waals surface area (Å²) in [6, 6.07) is 7.49. The van der Waals surface area contributed by atoms with E-state index in [2.05, 4.69) is 25.7 Å². The lowest BCUT2D eigenvalue weighted by Gasteiger charge is -2.11. The van der Waals surface area contributed by atoms with Gasteiger partial charge in [0.1, 0.15) is 11.4 Å². The molecule has 0 amide bonds. The van der Waals surface area contributed by atoms with E-state index in [-0.39, 0.29) is 0 Å². The molecule has 0 saturated carbocycles. The first-order chi connectivity index (χ1) is 10.7. The SMILES string of the molecule is COc1ccc(Nc2nc(Nc3cn4nc3-4)ncc2N)cc1. The van der Waals surface area contributed by atoms with Crippen molar-refractivity contribution in [1.29, 1.82) is 0 Å². The molecule has 110 valence electrons. The van der Waals surface area contributed by atoms with Gasteiger partial charge < -0.3 is 21.1 Å². The Morgan fingerprint density at radius 2 is 2.00 bits per heavy atom. The van der Waals surface area contributed by atoms with Crippen LogP contribution in [-0.2, 0) is 0 Å². The Hall–Kier alpha value is -3.29. The van der Waals surface area contributed by atoms with E-state index in [0.717, 1.165) is 22.9 Å². The highest BCUT2D eigenvalue weighted by molar-refractivity contribution is 5.73. The molecule has 2 aromatic rings. The summed E-state index contributed by atoms with van der Waals surface area (Å²) in [4.78, 5) is 8.54. The largest absolute Gasteiger partial charge is 0.497 e. The van der Waals surface area contributed by atoms with E-state index in [1.54, 1.807) is 18.0 Å². The van der Waals surface area contributed by atoms with Crippen molar-refractivity contribution < 1.29 is 4.74 Å². The van der Waals surface area contributed by atoms with Crippen LogP contribution in [-0.4, -0.2) is 26.9 Å². The van der Waals surface area contributed by atoms with Crippen LogP contribution >= 0.6 is 0 Å². The van der Waals surface area contributed by atoms with Crippen molar-refractivity contribution in [3.8, 4) is 11.6 Å². The molecule has 8 heteroatoms. The van der Waals surface area contributed by atoms with E-state index in [4.69, 9.17) is 10.5 Å². The number of anilines is 5. The summed E-state index contributed by atoms with van der Waals surface area (Å²) >= 11 is 0. The number of methoxy groups -OCH3 is 1. The average Bonchev–Trinajstić information content (AvgIpc) is 3.19. The van der Waals surface area contributed by atoms with Crippen LogP contribution < -0.4 is 21.1 Å². The molecule has 8 nitrogen and oxygen atoms in total. The van der Waals surface area contributed by atoms with Gasteiger partial charge in [-0.25, -0.2) is 9.67 Å². The van der Waals surface area contributed by atoms with Gasteiger partial charge in [-0.1, -0.05) is 0 Å². The fourth-order valence-corrected chi connectivity index (χ4v) is 2.03. The predicted molar refractivity (Wildman–Crippen MR) is 83.1 cm³/mol. The van der Waals surface area contributed by atoms with Gasteiger partial charge in [-0.3, -0.25) is 0 Å². The summed E-state index contributed by atoms with van der Waals surface area (Å²) in [5.74, 6) is 2.71. The number of aromatic nitrogens is 4. The average molecular weight is 295 g/mol. The third-order valence-electron chi connectivity index (χ3n) is 3.29. The molecule has 0 radical (unpaired) electrons. The molecule has 0 aliphatic carbocycles. The highest BCUT2D eigenvalue weighted by Gasteiger charge is 2.24. The number of hydrogen-bond donors (Lipinski definition) is 3. The summed E-state index contributed by atoms with van der Waals surface area (Å²) < 4.78 is 6.90. The molecule has 4 N–H and O–H groups in total. The van der Waals surface area contributed by atoms with Crippen molar-refractivity contribution in [2.75, 3.05) is 23.5 Å². The van der Waals surface area contributed by atoms with Crippen molar-refractivity contribution in [2.45, 2.75) is 0 Å². The Balaban J connectivity index is 1.54. The molecule has 22 heavy (non-hydrogen) atoms. The van der Waals surface area contributed by atoms with Crippen LogP contribution in [0.5, 0.6) is 5.75 Å². The van der Waals surface area contributed by atoms with Crippen LogP contribution in [0.15, 0.2) is 36.7 Å². The zero-order chi connectivity index (χ0) is 15.1. The zero-order valence-electron chi connectivity index (χ0n) is 11.7. The van der Waals surface area contributed by atoms with Crippen LogP contribution in [0.25, 0.3) is 5.82 Å². The quantitative estimate of drug-likeness (QED) is 0.517. The van der Waals surface area contributed by atoms with Gasteiger partial charge in [-0.2, -0.15) is 4.98 Å². The first kappa shape index (κ1) is 12.5. The summed E-state index contributed by atoms with van der Waals surface area (Å²) in [5, 5.41) is 10.3. The van der Waals surface area contributed by atoms with Crippen LogP contribution in [0.3, 0.4) is 0 Å². The maximum atomic E-state index is 5.92. The molecule has 3 heterocycles. The molecular formula is C14H13N7O. The lowest BCUT2D eigenvalue weighted by molar-refractivity contribution is 0.415. The van der Waals surface area contributed by atoms with Crippen molar-refractivity contribution >= 4 is 28.8 Å². The van der Waals surface area contributed by atoms with Gasteiger partial charge in [-0.05, 0) is 24.3 Å². The second-order valence-electron chi connectivity index (χ2n) is 4.79. The zero-order valence-corrected chi connectivity index (χ0v) is 11.7. The van der Waals surface area contributed by atoms with Gasteiger partial charge in [0.05, 0.1) is 25.2 Å². The summed E-state index contributed by atoms with van der Waals surface area (Å²) in [7, 11) is 1.63. The van der Waals surface area contributed by atoms with E-state index >= 15 is 0 Å². The molecular weight excluding hydrogens is 282 g/mol. The molecule has 2 aliphatic rings. The molecule has 0 saturated heterocycles. The Kier molecular flexibility index (Phi) is 2.62. The van der Waals surface area contributed by atoms with Crippen LogP contribution in [0.2, 0.25) is 0 Å². The van der Waals surface area contributed by atoms with Gasteiger partial charge in [-0.15, -0.1) is 5.10 Å². The van der Waals surface area contributed by atoms with Crippen molar-refractivity contribution in [3.63, 3.8) is 0 Å². The molecule has 0 unspecified atom stereocenters. The highest BCUT2D eigenvalue weighted by Crippen LogP contribution is 2.32. The van der Waals surface area contributed by atoms with Crippen molar-refractivity contribution in [2.24, 2.45) is 0 Å². The third-order valence-corrected chi connectivity index (χ3v) is 3.29. The van der Waals surface area contributed by atoms with Crippen LogP contribution in [0, 0.1) is 0 Å². The Bertz CT molecular complexity index is 841. The number of nitrogens with two attached hydrogens (primary N) is 1. The predicted octanol–water partition coefficient (Wildman–Crippen LogP) is 2.05. The lowest BCUT2D eigenvalue weighted by atomic mass is 10.3. The summed E-state index contributed by atoms with van der Waals surface area (Å²) in [5.41, 5.74) is 8.15. The molecule has 0 fully saturated rings. The minimum absolute atomic E-state index is 0.464. The molecule has 4 rings (SSSR count). The molecule has 0 atom stereocenters. The number of ether oxygens (including phenoxy) is 1. The van der Waals surface area contributed by atoms with Crippen molar-refractivity contribution in [3.05, 3.63) is 36.7 Å². The van der Waals surface area contributed by atoms with Gasteiger partial charge in [0.15, 0.2) is 11.6 Å². The number of fused-ring (bicyclic) bond motifs is 1. The monoisotopic (exact) mass is 295 g/mol. The first-order valence-electron chi connectivity index (χ1n) is 6.63. The smallest absolute Gasteiger partial charge is 0.229 e. The minimum atomic E-state index is 0.464. The Labute approximate surface area is 126 Å². The fraction of sp³-hybridized carbons (Fsp3) is 0.0714. The standard InChI is InChI=1S/C14H13N7O/c1-22-9-4-2-8(3-5-9)17-12-10(15)6-16-14(19-12)18-11-7-21-13(11)20-21/h2-7H,15H2,1H3,(H2,16,17,18,19).